The summed E-state index contributed by atoms with van der Waals surface area (Å²) in [6, 6.07) is 7.86. The van der Waals surface area contributed by atoms with Crippen LogP contribution >= 0.6 is 0 Å². The number of hydrogen-bond acceptors (Lipinski definition) is 6. The van der Waals surface area contributed by atoms with Gasteiger partial charge in [-0.1, -0.05) is 50.3 Å². The number of carbonyl (C=O) groups excluding carboxylic acids is 2. The van der Waals surface area contributed by atoms with Gasteiger partial charge in [-0.05, 0) is 43.7 Å². The van der Waals surface area contributed by atoms with E-state index in [2.05, 4.69) is 4.74 Å². The zero-order valence-corrected chi connectivity index (χ0v) is 18.6. The number of ether oxygens (including phenoxy) is 3. The standard InChI is InChI=1S/C24H38O6/c1-28-23(26)16-8-4-6-12-18-30-22-15-10-9-13-20(22)19-21(24(27)29-2)14-7-3-5-11-17-25/h9-10,13,15,21,25H,3-8,11-12,14,16-19H2,1-2H3. The second-order valence-electron chi connectivity index (χ2n) is 7.55. The van der Waals surface area contributed by atoms with Gasteiger partial charge < -0.3 is 19.3 Å². The largest absolute Gasteiger partial charge is 0.493 e. The maximum Gasteiger partial charge on any atom is 0.308 e. The van der Waals surface area contributed by atoms with Crippen molar-refractivity contribution >= 4 is 11.9 Å². The van der Waals surface area contributed by atoms with Gasteiger partial charge in [-0.25, -0.2) is 0 Å². The smallest absolute Gasteiger partial charge is 0.308 e. The highest BCUT2D eigenvalue weighted by molar-refractivity contribution is 5.72. The molecule has 0 spiro atoms. The number of hydrogen-bond donors (Lipinski definition) is 1. The number of methoxy groups -OCH3 is 2. The summed E-state index contributed by atoms with van der Waals surface area (Å²) in [4.78, 5) is 23.3. The molecule has 0 bridgehead atoms. The van der Waals surface area contributed by atoms with E-state index in [4.69, 9.17) is 14.6 Å². The highest BCUT2D eigenvalue weighted by atomic mass is 16.5. The van der Waals surface area contributed by atoms with Crippen LogP contribution < -0.4 is 4.74 Å². The molecule has 0 heterocycles. The molecule has 1 aromatic rings. The number of aliphatic hydroxyl groups is 1. The fourth-order valence-corrected chi connectivity index (χ4v) is 3.41. The number of esters is 2. The quantitative estimate of drug-likeness (QED) is 0.295. The fourth-order valence-electron chi connectivity index (χ4n) is 3.41. The van der Waals surface area contributed by atoms with E-state index in [9.17, 15) is 9.59 Å². The maximum absolute atomic E-state index is 12.2. The number of para-hydroxylation sites is 1. The third-order valence-corrected chi connectivity index (χ3v) is 5.19. The molecule has 1 rings (SSSR count). The molecule has 0 aliphatic carbocycles. The van der Waals surface area contributed by atoms with Gasteiger partial charge >= 0.3 is 11.9 Å². The van der Waals surface area contributed by atoms with Crippen LogP contribution in [0.2, 0.25) is 0 Å². The van der Waals surface area contributed by atoms with E-state index in [1.807, 2.05) is 24.3 Å². The molecule has 1 unspecified atom stereocenters. The van der Waals surface area contributed by atoms with Crippen LogP contribution in [0.1, 0.15) is 69.8 Å². The molecule has 6 nitrogen and oxygen atoms in total. The van der Waals surface area contributed by atoms with Gasteiger partial charge in [0.2, 0.25) is 0 Å². The molecule has 30 heavy (non-hydrogen) atoms. The van der Waals surface area contributed by atoms with Crippen LogP contribution in [0.25, 0.3) is 0 Å². The molecular weight excluding hydrogens is 384 g/mol. The van der Waals surface area contributed by atoms with Crippen molar-refractivity contribution in [3.8, 4) is 5.75 Å². The van der Waals surface area contributed by atoms with Gasteiger partial charge in [0.1, 0.15) is 5.75 Å². The Kier molecular flexibility index (Phi) is 14.4. The lowest BCUT2D eigenvalue weighted by molar-refractivity contribution is -0.145. The lowest BCUT2D eigenvalue weighted by Crippen LogP contribution is -2.19. The van der Waals surface area contributed by atoms with E-state index < -0.39 is 0 Å². The normalized spacial score (nSPS) is 11.7. The summed E-state index contributed by atoms with van der Waals surface area (Å²) in [7, 11) is 2.85. The SMILES string of the molecule is COC(=O)CCCCCCOc1ccccc1CC(CCCCCCO)C(=O)OC. The third kappa shape index (κ3) is 11.2. The summed E-state index contributed by atoms with van der Waals surface area (Å²) in [5.74, 6) is 0.291. The predicted octanol–water partition coefficient (Wildman–Crippen LogP) is 4.46. The van der Waals surface area contributed by atoms with Gasteiger partial charge in [-0.3, -0.25) is 9.59 Å². The average molecular weight is 423 g/mol. The first-order valence-corrected chi connectivity index (χ1v) is 11.1. The van der Waals surface area contributed by atoms with Crippen molar-refractivity contribution in [3.63, 3.8) is 0 Å². The van der Waals surface area contributed by atoms with Crippen LogP contribution in [-0.4, -0.2) is 44.5 Å². The first kappa shape index (κ1) is 26.0. The van der Waals surface area contributed by atoms with Crippen LogP contribution in [0.5, 0.6) is 5.75 Å². The zero-order chi connectivity index (χ0) is 22.0. The van der Waals surface area contributed by atoms with Gasteiger partial charge in [0, 0.05) is 13.0 Å². The van der Waals surface area contributed by atoms with E-state index in [1.165, 1.54) is 14.2 Å². The topological polar surface area (TPSA) is 82.1 Å². The van der Waals surface area contributed by atoms with E-state index >= 15 is 0 Å². The summed E-state index contributed by atoms with van der Waals surface area (Å²) in [5, 5.41) is 8.88. The van der Waals surface area contributed by atoms with Crippen LogP contribution in [0, 0.1) is 5.92 Å². The van der Waals surface area contributed by atoms with E-state index in [0.29, 0.717) is 19.4 Å². The summed E-state index contributed by atoms with van der Waals surface area (Å²) in [5.41, 5.74) is 1.02. The van der Waals surface area contributed by atoms with Crippen LogP contribution in [0.15, 0.2) is 24.3 Å². The summed E-state index contributed by atoms with van der Waals surface area (Å²) < 4.78 is 15.6. The van der Waals surface area contributed by atoms with E-state index in [1.54, 1.807) is 0 Å². The lowest BCUT2D eigenvalue weighted by Gasteiger charge is -2.17. The number of unbranched alkanes of at least 4 members (excludes halogenated alkanes) is 6. The minimum atomic E-state index is -0.188. The Morgan fingerprint density at radius 1 is 0.900 bits per heavy atom. The van der Waals surface area contributed by atoms with Crippen molar-refractivity contribution in [2.45, 2.75) is 70.6 Å². The molecule has 1 N–H and O–H groups in total. The molecule has 0 fully saturated rings. The average Bonchev–Trinajstić information content (AvgIpc) is 2.77. The molecule has 170 valence electrons. The van der Waals surface area contributed by atoms with Gasteiger partial charge in [0.05, 0.1) is 26.7 Å². The molecule has 1 atom stereocenters. The second-order valence-corrected chi connectivity index (χ2v) is 7.55. The zero-order valence-electron chi connectivity index (χ0n) is 18.6. The van der Waals surface area contributed by atoms with Crippen molar-refractivity contribution in [1.82, 2.24) is 0 Å². The molecule has 0 aromatic heterocycles. The highest BCUT2D eigenvalue weighted by Gasteiger charge is 2.21. The Morgan fingerprint density at radius 3 is 2.33 bits per heavy atom. The molecular formula is C24H38O6. The van der Waals surface area contributed by atoms with Crippen molar-refractivity contribution in [1.29, 1.82) is 0 Å². The predicted molar refractivity (Wildman–Crippen MR) is 116 cm³/mol. The Labute approximate surface area is 180 Å². The Balaban J connectivity index is 2.46. The van der Waals surface area contributed by atoms with Gasteiger partial charge in [0.15, 0.2) is 0 Å². The highest BCUT2D eigenvalue weighted by Crippen LogP contribution is 2.25. The lowest BCUT2D eigenvalue weighted by atomic mass is 9.93. The molecule has 1 aromatic carbocycles. The number of benzene rings is 1. The first-order chi connectivity index (χ1) is 14.6. The Hall–Kier alpha value is -2.08. The maximum atomic E-state index is 12.2. The minimum Gasteiger partial charge on any atom is -0.493 e. The summed E-state index contributed by atoms with van der Waals surface area (Å²) in [6.07, 6.45) is 9.29. The van der Waals surface area contributed by atoms with Crippen LogP contribution in [-0.2, 0) is 25.5 Å². The van der Waals surface area contributed by atoms with E-state index in [0.717, 1.165) is 69.1 Å². The van der Waals surface area contributed by atoms with Gasteiger partial charge in [-0.15, -0.1) is 0 Å². The Bertz CT molecular complexity index is 601. The van der Waals surface area contributed by atoms with Crippen molar-refractivity contribution < 1.29 is 28.9 Å². The minimum absolute atomic E-state index is 0.159. The monoisotopic (exact) mass is 422 g/mol. The summed E-state index contributed by atoms with van der Waals surface area (Å²) >= 11 is 0. The summed E-state index contributed by atoms with van der Waals surface area (Å²) in [6.45, 7) is 0.829. The van der Waals surface area contributed by atoms with E-state index in [-0.39, 0.29) is 24.5 Å². The Morgan fingerprint density at radius 2 is 1.60 bits per heavy atom. The molecule has 6 heteroatoms. The number of carbonyl (C=O) groups is 2. The molecule has 0 amide bonds. The van der Waals surface area contributed by atoms with Crippen molar-refractivity contribution in [3.05, 3.63) is 29.8 Å². The molecule has 0 saturated heterocycles. The van der Waals surface area contributed by atoms with Gasteiger partial charge in [0.25, 0.3) is 0 Å². The molecule has 0 radical (unpaired) electrons. The van der Waals surface area contributed by atoms with Crippen molar-refractivity contribution in [2.75, 3.05) is 27.4 Å². The molecule has 0 aliphatic heterocycles. The van der Waals surface area contributed by atoms with Gasteiger partial charge in [-0.2, -0.15) is 0 Å². The van der Waals surface area contributed by atoms with Crippen molar-refractivity contribution in [2.24, 2.45) is 5.92 Å². The first-order valence-electron chi connectivity index (χ1n) is 11.1. The third-order valence-electron chi connectivity index (χ3n) is 5.19. The molecule has 0 aliphatic rings. The van der Waals surface area contributed by atoms with Crippen LogP contribution in [0.4, 0.5) is 0 Å². The number of aliphatic hydroxyl groups excluding tert-OH is 1. The molecule has 0 saturated carbocycles. The second kappa shape index (κ2) is 16.7. The van der Waals surface area contributed by atoms with Crippen LogP contribution in [0.3, 0.4) is 0 Å². The number of rotatable bonds is 17. The fraction of sp³-hybridized carbons (Fsp3) is 0.667.